The molecule has 1 aromatic heterocycles. The smallest absolute Gasteiger partial charge is 0.280 e. The number of benzene rings is 2. The Morgan fingerprint density at radius 1 is 1.12 bits per heavy atom. The topological polar surface area (TPSA) is 82.5 Å². The van der Waals surface area contributed by atoms with Crippen molar-refractivity contribution in [1.82, 2.24) is 9.66 Å². The third-order valence-electron chi connectivity index (χ3n) is 3.70. The molecule has 0 unspecified atom stereocenters. The minimum atomic E-state index is -0.467. The molecule has 0 spiro atoms. The predicted molar refractivity (Wildman–Crippen MR) is 99.0 cm³/mol. The first kappa shape index (κ1) is 17.2. The van der Waals surface area contributed by atoms with Crippen molar-refractivity contribution in [1.29, 1.82) is 0 Å². The minimum Gasteiger partial charge on any atom is -0.497 e. The van der Waals surface area contributed by atoms with Gasteiger partial charge in [-0.25, -0.2) is 9.66 Å². The summed E-state index contributed by atoms with van der Waals surface area (Å²) in [6, 6.07) is 12.2. The van der Waals surface area contributed by atoms with Crippen molar-refractivity contribution < 1.29 is 14.3 Å². The quantitative estimate of drug-likeness (QED) is 0.713. The van der Waals surface area contributed by atoms with Crippen LogP contribution in [0.3, 0.4) is 0 Å². The average Bonchev–Trinajstić information content (AvgIpc) is 2.68. The van der Waals surface area contributed by atoms with Crippen molar-refractivity contribution in [2.75, 3.05) is 19.6 Å². The third kappa shape index (κ3) is 3.72. The Kier molecular flexibility index (Phi) is 4.98. The number of amides is 1. The number of para-hydroxylation sites is 1. The van der Waals surface area contributed by atoms with Crippen molar-refractivity contribution in [3.05, 3.63) is 70.8 Å². The van der Waals surface area contributed by atoms with Crippen molar-refractivity contribution in [3.8, 4) is 11.5 Å². The number of ether oxygens (including phenoxy) is 2. The van der Waals surface area contributed by atoms with E-state index in [4.69, 9.17) is 9.47 Å². The second-order valence-corrected chi connectivity index (χ2v) is 5.39. The summed E-state index contributed by atoms with van der Waals surface area (Å²) in [5.74, 6) is 0.754. The molecule has 0 bridgehead atoms. The largest absolute Gasteiger partial charge is 0.497 e. The number of methoxy groups -OCH3 is 2. The van der Waals surface area contributed by atoms with Crippen molar-refractivity contribution in [3.63, 3.8) is 0 Å². The normalized spacial score (nSPS) is 10.8. The van der Waals surface area contributed by atoms with Crippen LogP contribution >= 0.6 is 0 Å². The van der Waals surface area contributed by atoms with Gasteiger partial charge in [-0.1, -0.05) is 12.1 Å². The van der Waals surface area contributed by atoms with Gasteiger partial charge >= 0.3 is 0 Å². The van der Waals surface area contributed by atoms with Crippen LogP contribution in [0.25, 0.3) is 17.0 Å². The number of hydrogen-bond acceptors (Lipinski definition) is 5. The summed E-state index contributed by atoms with van der Waals surface area (Å²) < 4.78 is 11.4. The third-order valence-corrected chi connectivity index (χ3v) is 3.70. The second kappa shape index (κ2) is 7.52. The number of fused-ring (bicyclic) bond motifs is 1. The number of carbonyl (C=O) groups excluding carboxylic acids is 1. The SMILES string of the molecule is COc1cc(/C=C/C(=O)Nn2cnc3ccccc3c2=O)cc(OC)c1. The lowest BCUT2D eigenvalue weighted by Gasteiger charge is -2.07. The highest BCUT2D eigenvalue weighted by Crippen LogP contribution is 2.23. The maximum absolute atomic E-state index is 12.4. The summed E-state index contributed by atoms with van der Waals surface area (Å²) in [6.07, 6.45) is 4.20. The summed E-state index contributed by atoms with van der Waals surface area (Å²) in [5.41, 5.74) is 3.43. The molecule has 0 saturated heterocycles. The molecule has 2 aromatic carbocycles. The van der Waals surface area contributed by atoms with E-state index in [1.165, 1.54) is 12.4 Å². The van der Waals surface area contributed by atoms with E-state index >= 15 is 0 Å². The summed E-state index contributed by atoms with van der Waals surface area (Å²) in [6.45, 7) is 0. The predicted octanol–water partition coefficient (Wildman–Crippen LogP) is 2.20. The first-order valence-electron chi connectivity index (χ1n) is 7.79. The van der Waals surface area contributed by atoms with Crippen LogP contribution in [0.15, 0.2) is 59.7 Å². The molecule has 0 atom stereocenters. The Morgan fingerprint density at radius 3 is 2.50 bits per heavy atom. The monoisotopic (exact) mass is 351 g/mol. The minimum absolute atomic E-state index is 0.347. The highest BCUT2D eigenvalue weighted by atomic mass is 16.5. The van der Waals surface area contributed by atoms with E-state index in [9.17, 15) is 9.59 Å². The molecule has 1 amide bonds. The Hall–Kier alpha value is -3.61. The molecule has 1 heterocycles. The molecule has 0 radical (unpaired) electrons. The number of carbonyl (C=O) groups is 1. The molecule has 3 rings (SSSR count). The Balaban J connectivity index is 1.80. The maximum Gasteiger partial charge on any atom is 0.280 e. The summed E-state index contributed by atoms with van der Waals surface area (Å²) in [4.78, 5) is 28.6. The van der Waals surface area contributed by atoms with Gasteiger partial charge in [-0.05, 0) is 35.9 Å². The second-order valence-electron chi connectivity index (χ2n) is 5.39. The van der Waals surface area contributed by atoms with E-state index in [-0.39, 0.29) is 5.56 Å². The fraction of sp³-hybridized carbons (Fsp3) is 0.105. The lowest BCUT2D eigenvalue weighted by atomic mass is 10.2. The van der Waals surface area contributed by atoms with Crippen LogP contribution in [-0.4, -0.2) is 29.8 Å². The average molecular weight is 351 g/mol. The molecule has 7 heteroatoms. The molecular weight excluding hydrogens is 334 g/mol. The number of hydrogen-bond donors (Lipinski definition) is 1. The lowest BCUT2D eigenvalue weighted by molar-refractivity contribution is -0.112. The van der Waals surface area contributed by atoms with Crippen LogP contribution in [0.4, 0.5) is 0 Å². The molecule has 132 valence electrons. The highest BCUT2D eigenvalue weighted by Gasteiger charge is 2.05. The van der Waals surface area contributed by atoms with Crippen molar-refractivity contribution in [2.24, 2.45) is 0 Å². The Bertz CT molecular complexity index is 1020. The van der Waals surface area contributed by atoms with Crippen LogP contribution in [0.5, 0.6) is 11.5 Å². The van der Waals surface area contributed by atoms with Gasteiger partial charge in [0.1, 0.15) is 17.8 Å². The molecule has 0 aliphatic heterocycles. The van der Waals surface area contributed by atoms with E-state index in [1.807, 2.05) is 0 Å². The lowest BCUT2D eigenvalue weighted by Crippen LogP contribution is -2.32. The van der Waals surface area contributed by atoms with E-state index in [0.717, 1.165) is 10.2 Å². The van der Waals surface area contributed by atoms with Crippen LogP contribution in [0.2, 0.25) is 0 Å². The first-order valence-corrected chi connectivity index (χ1v) is 7.79. The van der Waals surface area contributed by atoms with E-state index in [1.54, 1.807) is 62.8 Å². The van der Waals surface area contributed by atoms with Gasteiger partial charge in [-0.15, -0.1) is 0 Å². The van der Waals surface area contributed by atoms with Gasteiger partial charge in [0.2, 0.25) is 0 Å². The number of nitrogens with one attached hydrogen (secondary N) is 1. The van der Waals surface area contributed by atoms with Crippen LogP contribution in [0.1, 0.15) is 5.56 Å². The summed E-state index contributed by atoms with van der Waals surface area (Å²) >= 11 is 0. The van der Waals surface area contributed by atoms with Gasteiger partial charge in [-0.2, -0.15) is 0 Å². The molecule has 7 nitrogen and oxygen atoms in total. The molecule has 0 fully saturated rings. The Morgan fingerprint density at radius 2 is 1.81 bits per heavy atom. The molecular formula is C19H17N3O4. The molecule has 26 heavy (non-hydrogen) atoms. The van der Waals surface area contributed by atoms with Crippen molar-refractivity contribution >= 4 is 22.9 Å². The summed E-state index contributed by atoms with van der Waals surface area (Å²) in [7, 11) is 3.10. The molecule has 0 aliphatic carbocycles. The number of aromatic nitrogens is 2. The van der Waals surface area contributed by atoms with E-state index in [2.05, 4.69) is 10.4 Å². The molecule has 3 aromatic rings. The zero-order valence-electron chi connectivity index (χ0n) is 14.3. The van der Waals surface area contributed by atoms with Gasteiger partial charge in [0.25, 0.3) is 11.5 Å². The standard InChI is InChI=1S/C19H17N3O4/c1-25-14-9-13(10-15(11-14)26-2)7-8-18(23)21-22-12-20-17-6-4-3-5-16(17)19(22)24/h3-12H,1-2H3,(H,21,23)/b8-7+. The van der Waals surface area contributed by atoms with Crippen molar-refractivity contribution in [2.45, 2.75) is 0 Å². The molecule has 0 saturated carbocycles. The van der Waals surface area contributed by atoms with Gasteiger partial charge in [0, 0.05) is 12.1 Å². The zero-order chi connectivity index (χ0) is 18.5. The van der Waals surface area contributed by atoms with E-state index < -0.39 is 5.91 Å². The van der Waals surface area contributed by atoms with E-state index in [0.29, 0.717) is 22.4 Å². The van der Waals surface area contributed by atoms with Gasteiger partial charge in [0.15, 0.2) is 0 Å². The first-order chi connectivity index (χ1) is 12.6. The molecule has 0 aliphatic rings. The van der Waals surface area contributed by atoms with Crippen LogP contribution < -0.4 is 20.5 Å². The number of nitrogens with zero attached hydrogens (tertiary/aromatic N) is 2. The van der Waals surface area contributed by atoms with Gasteiger partial charge < -0.3 is 9.47 Å². The maximum atomic E-state index is 12.4. The fourth-order valence-electron chi connectivity index (χ4n) is 2.40. The fourth-order valence-corrected chi connectivity index (χ4v) is 2.40. The van der Waals surface area contributed by atoms with Gasteiger partial charge in [-0.3, -0.25) is 15.0 Å². The van der Waals surface area contributed by atoms with Crippen LogP contribution in [-0.2, 0) is 4.79 Å². The van der Waals surface area contributed by atoms with Crippen LogP contribution in [0, 0.1) is 0 Å². The molecule has 1 N–H and O–H groups in total. The Labute approximate surface area is 149 Å². The van der Waals surface area contributed by atoms with Gasteiger partial charge in [0.05, 0.1) is 25.1 Å². The summed E-state index contributed by atoms with van der Waals surface area (Å²) in [5, 5.41) is 0.428. The zero-order valence-corrected chi connectivity index (χ0v) is 14.3. The number of rotatable bonds is 5. The highest BCUT2D eigenvalue weighted by molar-refractivity contribution is 5.97.